The van der Waals surface area contributed by atoms with Gasteiger partial charge in [0.05, 0.1) is 11.6 Å². The zero-order valence-corrected chi connectivity index (χ0v) is 16.0. The number of fused-ring (bicyclic) bond motifs is 1. The van der Waals surface area contributed by atoms with Gasteiger partial charge in [0.25, 0.3) is 0 Å². The molecule has 0 aliphatic heterocycles. The Morgan fingerprint density at radius 2 is 1.86 bits per heavy atom. The van der Waals surface area contributed by atoms with Crippen molar-refractivity contribution in [2.24, 2.45) is 5.73 Å². The minimum absolute atomic E-state index is 0.448. The van der Waals surface area contributed by atoms with E-state index >= 15 is 0 Å². The molecule has 29 heavy (non-hydrogen) atoms. The summed E-state index contributed by atoms with van der Waals surface area (Å²) in [6.45, 7) is 2.48. The number of nitriles is 1. The van der Waals surface area contributed by atoms with Gasteiger partial charge in [-0.3, -0.25) is 4.79 Å². The van der Waals surface area contributed by atoms with Crippen molar-refractivity contribution in [1.82, 2.24) is 4.57 Å². The van der Waals surface area contributed by atoms with Crippen LogP contribution in [-0.2, 0) is 6.54 Å². The molecule has 142 valence electrons. The Hall–Kier alpha value is -4.04. The molecule has 0 saturated carbocycles. The third-order valence-electron chi connectivity index (χ3n) is 5.30. The molecule has 5 heteroatoms. The van der Waals surface area contributed by atoms with Crippen molar-refractivity contribution < 1.29 is 4.79 Å². The Labute approximate surface area is 168 Å². The third-order valence-corrected chi connectivity index (χ3v) is 5.30. The summed E-state index contributed by atoms with van der Waals surface area (Å²) in [5.74, 6) is -0.448. The van der Waals surface area contributed by atoms with E-state index in [-0.39, 0.29) is 0 Å². The van der Waals surface area contributed by atoms with Crippen LogP contribution in [0.15, 0.2) is 66.9 Å². The van der Waals surface area contributed by atoms with E-state index in [1.54, 1.807) is 18.2 Å². The standard InChI is InChI=1S/C24H20N4O/c1-15-18(7-4-8-22(15)26)21-14-28(23-10-9-16(12-25)11-20(21)23)13-17-5-2-3-6-19(17)24(27)29/h2-11,14H,13,26H2,1H3,(H2,27,29). The quantitative estimate of drug-likeness (QED) is 0.519. The molecule has 0 aliphatic rings. The summed E-state index contributed by atoms with van der Waals surface area (Å²) in [6, 6.07) is 21.0. The summed E-state index contributed by atoms with van der Waals surface area (Å²) in [5, 5.41) is 10.3. The number of nitrogens with two attached hydrogens (primary N) is 2. The van der Waals surface area contributed by atoms with Gasteiger partial charge in [0.1, 0.15) is 0 Å². The van der Waals surface area contributed by atoms with Crippen molar-refractivity contribution in [3.63, 3.8) is 0 Å². The fourth-order valence-electron chi connectivity index (χ4n) is 3.74. The number of hydrogen-bond donors (Lipinski definition) is 2. The SMILES string of the molecule is Cc1c(N)cccc1-c1cn(Cc2ccccc2C(N)=O)c2ccc(C#N)cc12. The molecule has 0 aliphatic carbocycles. The molecule has 1 heterocycles. The highest BCUT2D eigenvalue weighted by molar-refractivity contribution is 5.98. The Bertz CT molecular complexity index is 1290. The maximum absolute atomic E-state index is 11.8. The van der Waals surface area contributed by atoms with Gasteiger partial charge in [0.15, 0.2) is 0 Å². The van der Waals surface area contributed by atoms with Crippen LogP contribution in [0.25, 0.3) is 22.0 Å². The van der Waals surface area contributed by atoms with Crippen molar-refractivity contribution in [3.05, 3.63) is 89.1 Å². The second-order valence-electron chi connectivity index (χ2n) is 7.06. The van der Waals surface area contributed by atoms with Gasteiger partial charge in [-0.25, -0.2) is 0 Å². The van der Waals surface area contributed by atoms with Crippen molar-refractivity contribution >= 4 is 22.5 Å². The van der Waals surface area contributed by atoms with Gasteiger partial charge in [0, 0.05) is 40.5 Å². The van der Waals surface area contributed by atoms with Crippen LogP contribution in [0.1, 0.15) is 27.0 Å². The summed E-state index contributed by atoms with van der Waals surface area (Å²) in [5.41, 5.74) is 18.3. The van der Waals surface area contributed by atoms with Gasteiger partial charge < -0.3 is 16.0 Å². The highest BCUT2D eigenvalue weighted by Gasteiger charge is 2.15. The number of primary amides is 1. The Morgan fingerprint density at radius 1 is 1.07 bits per heavy atom. The first kappa shape index (κ1) is 18.3. The van der Waals surface area contributed by atoms with E-state index in [1.165, 1.54) is 0 Å². The predicted octanol–water partition coefficient (Wildman–Crippen LogP) is 4.22. The van der Waals surface area contributed by atoms with Crippen molar-refractivity contribution in [1.29, 1.82) is 5.26 Å². The number of benzene rings is 3. The van der Waals surface area contributed by atoms with Crippen molar-refractivity contribution in [2.45, 2.75) is 13.5 Å². The number of anilines is 1. The first-order valence-electron chi connectivity index (χ1n) is 9.25. The van der Waals surface area contributed by atoms with Crippen LogP contribution >= 0.6 is 0 Å². The van der Waals surface area contributed by atoms with Crippen LogP contribution in [0.5, 0.6) is 0 Å². The minimum atomic E-state index is -0.448. The number of amides is 1. The molecule has 0 bridgehead atoms. The molecule has 1 amide bonds. The van der Waals surface area contributed by atoms with E-state index in [0.717, 1.165) is 38.8 Å². The molecule has 3 aromatic carbocycles. The summed E-state index contributed by atoms with van der Waals surface area (Å²) in [7, 11) is 0. The smallest absolute Gasteiger partial charge is 0.249 e. The van der Waals surface area contributed by atoms with E-state index in [4.69, 9.17) is 11.5 Å². The summed E-state index contributed by atoms with van der Waals surface area (Å²) in [4.78, 5) is 11.8. The summed E-state index contributed by atoms with van der Waals surface area (Å²) < 4.78 is 2.08. The van der Waals surface area contributed by atoms with E-state index < -0.39 is 5.91 Å². The second-order valence-corrected chi connectivity index (χ2v) is 7.06. The van der Waals surface area contributed by atoms with E-state index in [0.29, 0.717) is 17.7 Å². The van der Waals surface area contributed by atoms with E-state index in [1.807, 2.05) is 55.6 Å². The van der Waals surface area contributed by atoms with Crippen LogP contribution in [0.3, 0.4) is 0 Å². The molecule has 4 N–H and O–H groups in total. The maximum Gasteiger partial charge on any atom is 0.249 e. The van der Waals surface area contributed by atoms with Gasteiger partial charge in [-0.2, -0.15) is 5.26 Å². The molecule has 0 spiro atoms. The molecule has 0 fully saturated rings. The molecule has 0 saturated heterocycles. The molecule has 4 rings (SSSR count). The van der Waals surface area contributed by atoms with Crippen LogP contribution in [0.2, 0.25) is 0 Å². The Balaban J connectivity index is 1.94. The first-order chi connectivity index (χ1) is 14.0. The third kappa shape index (κ3) is 3.21. The molecular weight excluding hydrogens is 360 g/mol. The largest absolute Gasteiger partial charge is 0.398 e. The molecule has 0 radical (unpaired) electrons. The zero-order valence-electron chi connectivity index (χ0n) is 16.0. The topological polar surface area (TPSA) is 97.8 Å². The second kappa shape index (κ2) is 7.17. The minimum Gasteiger partial charge on any atom is -0.398 e. The van der Waals surface area contributed by atoms with Crippen molar-refractivity contribution in [2.75, 3.05) is 5.73 Å². The summed E-state index contributed by atoms with van der Waals surface area (Å²) in [6.07, 6.45) is 2.05. The lowest BCUT2D eigenvalue weighted by molar-refractivity contribution is 0.0999. The van der Waals surface area contributed by atoms with E-state index in [2.05, 4.69) is 10.6 Å². The molecule has 0 atom stereocenters. The number of carbonyl (C=O) groups is 1. The van der Waals surface area contributed by atoms with Crippen LogP contribution < -0.4 is 11.5 Å². The zero-order chi connectivity index (χ0) is 20.5. The van der Waals surface area contributed by atoms with Gasteiger partial charge in [0.2, 0.25) is 5.91 Å². The lowest BCUT2D eigenvalue weighted by atomic mass is 9.98. The number of nitrogen functional groups attached to an aromatic ring is 1. The van der Waals surface area contributed by atoms with Crippen LogP contribution in [0.4, 0.5) is 5.69 Å². The highest BCUT2D eigenvalue weighted by atomic mass is 16.1. The summed E-state index contributed by atoms with van der Waals surface area (Å²) >= 11 is 0. The molecule has 1 aromatic heterocycles. The van der Waals surface area contributed by atoms with E-state index in [9.17, 15) is 10.1 Å². The Kier molecular flexibility index (Phi) is 4.53. The number of rotatable bonds is 4. The number of hydrogen-bond acceptors (Lipinski definition) is 3. The van der Waals surface area contributed by atoms with Crippen LogP contribution in [-0.4, -0.2) is 10.5 Å². The number of nitrogens with zero attached hydrogens (tertiary/aromatic N) is 2. The molecule has 0 unspecified atom stereocenters. The highest BCUT2D eigenvalue weighted by Crippen LogP contribution is 2.35. The van der Waals surface area contributed by atoms with Gasteiger partial charge in [-0.15, -0.1) is 0 Å². The average Bonchev–Trinajstić information content (AvgIpc) is 3.07. The number of carbonyl (C=O) groups excluding carboxylic acids is 1. The monoisotopic (exact) mass is 380 g/mol. The average molecular weight is 380 g/mol. The maximum atomic E-state index is 11.8. The fraction of sp³-hybridized carbons (Fsp3) is 0.0833. The van der Waals surface area contributed by atoms with Gasteiger partial charge >= 0.3 is 0 Å². The fourth-order valence-corrected chi connectivity index (χ4v) is 3.74. The number of aromatic nitrogens is 1. The molecule has 4 aromatic rings. The normalized spacial score (nSPS) is 10.8. The van der Waals surface area contributed by atoms with Crippen LogP contribution in [0, 0.1) is 18.3 Å². The predicted molar refractivity (Wildman–Crippen MR) is 115 cm³/mol. The molecular formula is C24H20N4O. The van der Waals surface area contributed by atoms with Gasteiger partial charge in [-0.05, 0) is 53.9 Å². The Morgan fingerprint density at radius 3 is 2.62 bits per heavy atom. The van der Waals surface area contributed by atoms with Gasteiger partial charge in [-0.1, -0.05) is 30.3 Å². The lowest BCUT2D eigenvalue weighted by Gasteiger charge is -2.09. The van der Waals surface area contributed by atoms with Crippen molar-refractivity contribution in [3.8, 4) is 17.2 Å². The molecule has 5 nitrogen and oxygen atoms in total. The lowest BCUT2D eigenvalue weighted by Crippen LogP contribution is -2.14. The first-order valence-corrected chi connectivity index (χ1v) is 9.25.